The summed E-state index contributed by atoms with van der Waals surface area (Å²) in [5, 5.41) is 0. The van der Waals surface area contributed by atoms with Crippen molar-refractivity contribution >= 4 is 17.3 Å². The van der Waals surface area contributed by atoms with Crippen molar-refractivity contribution < 1.29 is 19.1 Å². The summed E-state index contributed by atoms with van der Waals surface area (Å²) in [5.41, 5.74) is 2.97. The number of hydrogen-bond donors (Lipinski definition) is 0. The first kappa shape index (κ1) is 17.5. The van der Waals surface area contributed by atoms with Crippen molar-refractivity contribution in [1.82, 2.24) is 0 Å². The molecule has 1 aliphatic carbocycles. The second kappa shape index (κ2) is 5.78. The van der Waals surface area contributed by atoms with Crippen molar-refractivity contribution in [2.24, 2.45) is 17.3 Å². The van der Waals surface area contributed by atoms with E-state index >= 15 is 0 Å². The molecule has 1 aromatic rings. The van der Waals surface area contributed by atoms with E-state index in [1.54, 1.807) is 0 Å². The molecule has 0 N–H and O–H groups in total. The molecule has 2 heterocycles. The molecular weight excluding hydrogens is 328 g/mol. The molecule has 138 valence electrons. The van der Waals surface area contributed by atoms with Crippen LogP contribution in [0, 0.1) is 31.1 Å². The lowest BCUT2D eigenvalue weighted by atomic mass is 9.80. The van der Waals surface area contributed by atoms with Crippen LogP contribution in [0.1, 0.15) is 50.3 Å². The van der Waals surface area contributed by atoms with Crippen LogP contribution in [0.3, 0.4) is 0 Å². The van der Waals surface area contributed by atoms with Gasteiger partial charge in [-0.1, -0.05) is 23.8 Å². The molecule has 2 unspecified atom stereocenters. The zero-order chi connectivity index (χ0) is 18.8. The number of Topliss-reactive ketones (excluding diaryl/α,β-unsaturated/α-hetero) is 1. The lowest BCUT2D eigenvalue weighted by Gasteiger charge is -2.24. The van der Waals surface area contributed by atoms with Crippen molar-refractivity contribution in [2.75, 3.05) is 0 Å². The van der Waals surface area contributed by atoms with Gasteiger partial charge < -0.3 is 9.47 Å². The van der Waals surface area contributed by atoms with Crippen LogP contribution in [0.2, 0.25) is 0 Å². The van der Waals surface area contributed by atoms with Crippen LogP contribution < -0.4 is 0 Å². The Kier molecular flexibility index (Phi) is 3.88. The summed E-state index contributed by atoms with van der Waals surface area (Å²) >= 11 is 0. The number of esters is 1. The molecule has 0 aromatic heterocycles. The second-order valence-corrected chi connectivity index (χ2v) is 8.90. The largest absolute Gasteiger partial charge is 0.429 e. The Labute approximate surface area is 154 Å². The normalized spacial score (nSPS) is 30.1. The molecule has 0 saturated carbocycles. The standard InChI is InChI=1S/C22H26O4/c1-11-6-7-12(2)13(10-11)16-19(23)17-14-8-9-15(25-14)18(17)20(16)26-21(24)22(3,4)5/h6-7,10,14-15,17-18H,8-9H2,1-5H3/t14?,15?,17-,18+/m0/s1. The van der Waals surface area contributed by atoms with Gasteiger partial charge in [0.1, 0.15) is 5.76 Å². The van der Waals surface area contributed by atoms with E-state index in [0.29, 0.717) is 11.3 Å². The Morgan fingerprint density at radius 2 is 1.77 bits per heavy atom. The van der Waals surface area contributed by atoms with Crippen LogP contribution in [0.25, 0.3) is 5.57 Å². The minimum atomic E-state index is -0.626. The summed E-state index contributed by atoms with van der Waals surface area (Å²) in [7, 11) is 0. The third kappa shape index (κ3) is 2.54. The maximum Gasteiger partial charge on any atom is 0.316 e. The van der Waals surface area contributed by atoms with Gasteiger partial charge in [-0.3, -0.25) is 9.59 Å². The highest BCUT2D eigenvalue weighted by molar-refractivity contribution is 6.26. The SMILES string of the molecule is Cc1ccc(C)c(C2=C(OC(=O)C(C)(C)C)[C@@H]3C4CCC(O4)[C@@H]3C2=O)c1. The predicted octanol–water partition coefficient (Wildman–Crippen LogP) is 3.98. The monoisotopic (exact) mass is 354 g/mol. The van der Waals surface area contributed by atoms with Crippen molar-refractivity contribution in [2.45, 2.75) is 59.7 Å². The maximum absolute atomic E-state index is 13.4. The van der Waals surface area contributed by atoms with Crippen molar-refractivity contribution in [3.8, 4) is 0 Å². The number of hydrogen-bond acceptors (Lipinski definition) is 4. The number of aryl methyl sites for hydroxylation is 2. The first-order chi connectivity index (χ1) is 12.2. The number of fused-ring (bicyclic) bond motifs is 5. The third-order valence-corrected chi connectivity index (χ3v) is 5.85. The zero-order valence-electron chi connectivity index (χ0n) is 16.1. The molecule has 4 nitrogen and oxygen atoms in total. The van der Waals surface area contributed by atoms with Gasteiger partial charge in [0, 0.05) is 0 Å². The van der Waals surface area contributed by atoms with Crippen LogP contribution >= 0.6 is 0 Å². The molecule has 4 atom stereocenters. The van der Waals surface area contributed by atoms with E-state index in [-0.39, 0.29) is 35.8 Å². The van der Waals surface area contributed by atoms with E-state index < -0.39 is 5.41 Å². The molecule has 1 aromatic carbocycles. The van der Waals surface area contributed by atoms with Crippen LogP contribution in [-0.4, -0.2) is 24.0 Å². The predicted molar refractivity (Wildman–Crippen MR) is 98.3 cm³/mol. The fraction of sp³-hybridized carbons (Fsp3) is 0.545. The quantitative estimate of drug-likeness (QED) is 0.754. The van der Waals surface area contributed by atoms with Crippen molar-refractivity contribution in [1.29, 1.82) is 0 Å². The average molecular weight is 354 g/mol. The number of allylic oxidation sites excluding steroid dienone is 1. The average Bonchev–Trinajstić information content (AvgIpc) is 3.23. The summed E-state index contributed by atoms with van der Waals surface area (Å²) < 4.78 is 11.9. The minimum Gasteiger partial charge on any atom is -0.429 e. The van der Waals surface area contributed by atoms with E-state index in [2.05, 4.69) is 0 Å². The topological polar surface area (TPSA) is 52.6 Å². The first-order valence-electron chi connectivity index (χ1n) is 9.42. The third-order valence-electron chi connectivity index (χ3n) is 5.85. The summed E-state index contributed by atoms with van der Waals surface area (Å²) in [4.78, 5) is 26.0. The van der Waals surface area contributed by atoms with Gasteiger partial charge in [0.15, 0.2) is 5.78 Å². The van der Waals surface area contributed by atoms with Gasteiger partial charge in [-0.15, -0.1) is 0 Å². The molecule has 3 aliphatic rings. The lowest BCUT2D eigenvalue weighted by Crippen LogP contribution is -2.31. The van der Waals surface area contributed by atoms with Crippen LogP contribution in [-0.2, 0) is 19.1 Å². The fourth-order valence-corrected chi connectivity index (χ4v) is 4.44. The van der Waals surface area contributed by atoms with E-state index in [9.17, 15) is 9.59 Å². The van der Waals surface area contributed by atoms with E-state index in [1.807, 2.05) is 52.8 Å². The molecule has 2 bridgehead atoms. The Morgan fingerprint density at radius 1 is 1.12 bits per heavy atom. The van der Waals surface area contributed by atoms with Crippen molar-refractivity contribution in [3.05, 3.63) is 40.6 Å². The smallest absolute Gasteiger partial charge is 0.316 e. The van der Waals surface area contributed by atoms with Crippen LogP contribution in [0.4, 0.5) is 0 Å². The van der Waals surface area contributed by atoms with Crippen LogP contribution in [0.15, 0.2) is 24.0 Å². The van der Waals surface area contributed by atoms with Gasteiger partial charge in [0.05, 0.1) is 35.0 Å². The fourth-order valence-electron chi connectivity index (χ4n) is 4.44. The van der Waals surface area contributed by atoms with E-state index in [1.165, 1.54) is 0 Å². The number of ether oxygens (including phenoxy) is 2. The highest BCUT2D eigenvalue weighted by Gasteiger charge is 2.60. The highest BCUT2D eigenvalue weighted by atomic mass is 16.5. The van der Waals surface area contributed by atoms with Gasteiger partial charge in [-0.05, 0) is 58.6 Å². The highest BCUT2D eigenvalue weighted by Crippen LogP contribution is 2.55. The summed E-state index contributed by atoms with van der Waals surface area (Å²) in [5.74, 6) is -0.00569. The molecular formula is C22H26O4. The summed E-state index contributed by atoms with van der Waals surface area (Å²) in [6, 6.07) is 6.08. The van der Waals surface area contributed by atoms with Gasteiger partial charge in [-0.2, -0.15) is 0 Å². The molecule has 0 amide bonds. The number of ketones is 1. The second-order valence-electron chi connectivity index (χ2n) is 8.90. The van der Waals surface area contributed by atoms with Gasteiger partial charge in [-0.25, -0.2) is 0 Å². The van der Waals surface area contributed by atoms with Crippen molar-refractivity contribution in [3.63, 3.8) is 0 Å². The Balaban J connectivity index is 1.86. The molecule has 26 heavy (non-hydrogen) atoms. The summed E-state index contributed by atoms with van der Waals surface area (Å²) in [6.07, 6.45) is 1.79. The van der Waals surface area contributed by atoms with E-state index in [0.717, 1.165) is 29.5 Å². The molecule has 0 radical (unpaired) electrons. The van der Waals surface area contributed by atoms with E-state index in [4.69, 9.17) is 9.47 Å². The maximum atomic E-state index is 13.4. The van der Waals surface area contributed by atoms with Gasteiger partial charge >= 0.3 is 5.97 Å². The molecule has 4 heteroatoms. The number of rotatable bonds is 2. The first-order valence-corrected chi connectivity index (χ1v) is 9.42. The number of carbonyl (C=O) groups excluding carboxylic acids is 2. The Hall–Kier alpha value is -1.94. The Morgan fingerprint density at radius 3 is 2.42 bits per heavy atom. The minimum absolute atomic E-state index is 0.0145. The number of benzene rings is 1. The molecule has 2 aliphatic heterocycles. The van der Waals surface area contributed by atoms with Crippen LogP contribution in [0.5, 0.6) is 0 Å². The molecule has 0 spiro atoms. The lowest BCUT2D eigenvalue weighted by molar-refractivity contribution is -0.149. The molecule has 4 rings (SSSR count). The number of carbonyl (C=O) groups is 2. The Bertz CT molecular complexity index is 827. The zero-order valence-corrected chi connectivity index (χ0v) is 16.1. The van der Waals surface area contributed by atoms with Gasteiger partial charge in [0.25, 0.3) is 0 Å². The molecule has 2 fully saturated rings. The van der Waals surface area contributed by atoms with Gasteiger partial charge in [0.2, 0.25) is 0 Å². The summed E-state index contributed by atoms with van der Waals surface area (Å²) in [6.45, 7) is 9.51. The molecule has 2 saturated heterocycles.